The Morgan fingerprint density at radius 3 is 2.56 bits per heavy atom. The van der Waals surface area contributed by atoms with E-state index in [1.807, 2.05) is 0 Å². The fraction of sp³-hybridized carbons (Fsp3) is 0.538. The van der Waals surface area contributed by atoms with Crippen molar-refractivity contribution in [1.29, 1.82) is 0 Å². The normalized spacial score (nSPS) is 10.5. The molecule has 0 spiro atoms. The highest BCUT2D eigenvalue weighted by molar-refractivity contribution is 5.43. The van der Waals surface area contributed by atoms with Crippen molar-refractivity contribution in [2.75, 3.05) is 26.9 Å². The molecule has 0 heterocycles. The molecule has 0 amide bonds. The van der Waals surface area contributed by atoms with Crippen molar-refractivity contribution in [1.82, 2.24) is 0 Å². The number of methoxy groups -OCH3 is 1. The van der Waals surface area contributed by atoms with Crippen LogP contribution in [-0.4, -0.2) is 26.9 Å². The van der Waals surface area contributed by atoms with E-state index in [9.17, 15) is 0 Å². The monoisotopic (exact) mass is 223 g/mol. The van der Waals surface area contributed by atoms with Crippen LogP contribution >= 0.6 is 0 Å². The first kappa shape index (κ1) is 13.0. The zero-order valence-electron chi connectivity index (χ0n) is 10.4. The highest BCUT2D eigenvalue weighted by Gasteiger charge is 2.07. The molecule has 0 aliphatic rings. The lowest BCUT2D eigenvalue weighted by Gasteiger charge is -2.13. The topological polar surface area (TPSA) is 44.5 Å². The standard InChI is InChI=1S/C13H21NO2/c1-10-8-11(2)12(13(9-10)15-3)4-6-16-7-5-14/h8-9H,4-7,14H2,1-3H3. The Balaban J connectivity index is 2.70. The average molecular weight is 223 g/mol. The van der Waals surface area contributed by atoms with Gasteiger partial charge in [0, 0.05) is 6.54 Å². The third-order valence-corrected chi connectivity index (χ3v) is 2.55. The summed E-state index contributed by atoms with van der Waals surface area (Å²) in [6.45, 7) is 6.06. The molecule has 0 fully saturated rings. The van der Waals surface area contributed by atoms with Gasteiger partial charge in [0.15, 0.2) is 0 Å². The molecule has 0 aliphatic carbocycles. The Kier molecular flexibility index (Phi) is 5.29. The van der Waals surface area contributed by atoms with Gasteiger partial charge in [-0.25, -0.2) is 0 Å². The van der Waals surface area contributed by atoms with Gasteiger partial charge in [0.05, 0.1) is 20.3 Å². The lowest BCUT2D eigenvalue weighted by atomic mass is 10.0. The number of ether oxygens (including phenoxy) is 2. The molecular formula is C13H21NO2. The second kappa shape index (κ2) is 6.51. The summed E-state index contributed by atoms with van der Waals surface area (Å²) in [6.07, 6.45) is 0.870. The summed E-state index contributed by atoms with van der Waals surface area (Å²) < 4.78 is 10.8. The van der Waals surface area contributed by atoms with Crippen LogP contribution in [-0.2, 0) is 11.2 Å². The van der Waals surface area contributed by atoms with Crippen molar-refractivity contribution in [3.63, 3.8) is 0 Å². The van der Waals surface area contributed by atoms with E-state index in [0.29, 0.717) is 19.8 Å². The average Bonchev–Trinajstić information content (AvgIpc) is 2.26. The van der Waals surface area contributed by atoms with Crippen LogP contribution in [0.3, 0.4) is 0 Å². The molecule has 0 unspecified atom stereocenters. The van der Waals surface area contributed by atoms with Gasteiger partial charge in [-0.3, -0.25) is 0 Å². The Morgan fingerprint density at radius 1 is 1.19 bits per heavy atom. The van der Waals surface area contributed by atoms with Crippen LogP contribution < -0.4 is 10.5 Å². The maximum absolute atomic E-state index is 5.39. The van der Waals surface area contributed by atoms with E-state index in [1.165, 1.54) is 16.7 Å². The van der Waals surface area contributed by atoms with Crippen LogP contribution in [0.4, 0.5) is 0 Å². The van der Waals surface area contributed by atoms with E-state index in [-0.39, 0.29) is 0 Å². The fourth-order valence-electron chi connectivity index (χ4n) is 1.82. The summed E-state index contributed by atoms with van der Waals surface area (Å²) in [6, 6.07) is 4.23. The van der Waals surface area contributed by atoms with Crippen LogP contribution in [0.5, 0.6) is 5.75 Å². The first-order valence-electron chi connectivity index (χ1n) is 5.61. The van der Waals surface area contributed by atoms with Gasteiger partial charge < -0.3 is 15.2 Å². The van der Waals surface area contributed by atoms with Crippen molar-refractivity contribution in [2.45, 2.75) is 20.3 Å². The summed E-state index contributed by atoms with van der Waals surface area (Å²) in [4.78, 5) is 0. The number of hydrogen-bond donors (Lipinski definition) is 1. The smallest absolute Gasteiger partial charge is 0.122 e. The number of benzene rings is 1. The summed E-state index contributed by atoms with van der Waals surface area (Å²) in [5.41, 5.74) is 9.07. The van der Waals surface area contributed by atoms with Gasteiger partial charge in [-0.1, -0.05) is 6.07 Å². The van der Waals surface area contributed by atoms with Crippen molar-refractivity contribution >= 4 is 0 Å². The molecule has 1 rings (SSSR count). The molecule has 0 aromatic heterocycles. The van der Waals surface area contributed by atoms with Crippen LogP contribution in [0.2, 0.25) is 0 Å². The Labute approximate surface area is 97.6 Å². The Hall–Kier alpha value is -1.06. The molecule has 0 saturated heterocycles. The SMILES string of the molecule is COc1cc(C)cc(C)c1CCOCCN. The second-order valence-corrected chi connectivity index (χ2v) is 3.91. The third kappa shape index (κ3) is 3.51. The molecule has 1 aromatic carbocycles. The zero-order valence-corrected chi connectivity index (χ0v) is 10.4. The predicted octanol–water partition coefficient (Wildman–Crippen LogP) is 1.83. The number of aryl methyl sites for hydroxylation is 2. The van der Waals surface area contributed by atoms with Gasteiger partial charge in [-0.2, -0.15) is 0 Å². The van der Waals surface area contributed by atoms with Crippen molar-refractivity contribution in [3.8, 4) is 5.75 Å². The van der Waals surface area contributed by atoms with Crippen LogP contribution in [0.15, 0.2) is 12.1 Å². The van der Waals surface area contributed by atoms with E-state index in [4.69, 9.17) is 15.2 Å². The van der Waals surface area contributed by atoms with Gasteiger partial charge in [0.1, 0.15) is 5.75 Å². The Morgan fingerprint density at radius 2 is 1.94 bits per heavy atom. The number of nitrogens with two attached hydrogens (primary N) is 1. The molecule has 1 aromatic rings. The molecule has 0 saturated carbocycles. The first-order chi connectivity index (χ1) is 7.69. The fourth-order valence-corrected chi connectivity index (χ4v) is 1.82. The number of rotatable bonds is 6. The maximum atomic E-state index is 5.39. The van der Waals surface area contributed by atoms with Crippen molar-refractivity contribution in [3.05, 3.63) is 28.8 Å². The highest BCUT2D eigenvalue weighted by Crippen LogP contribution is 2.24. The molecule has 3 heteroatoms. The molecule has 16 heavy (non-hydrogen) atoms. The molecule has 0 radical (unpaired) electrons. The van der Waals surface area contributed by atoms with Crippen molar-refractivity contribution < 1.29 is 9.47 Å². The van der Waals surface area contributed by atoms with Crippen LogP contribution in [0, 0.1) is 13.8 Å². The third-order valence-electron chi connectivity index (χ3n) is 2.55. The lowest BCUT2D eigenvalue weighted by Crippen LogP contribution is -2.10. The van der Waals surface area contributed by atoms with E-state index >= 15 is 0 Å². The second-order valence-electron chi connectivity index (χ2n) is 3.91. The van der Waals surface area contributed by atoms with E-state index in [1.54, 1.807) is 7.11 Å². The quantitative estimate of drug-likeness (QED) is 0.748. The number of hydrogen-bond acceptors (Lipinski definition) is 3. The molecule has 90 valence electrons. The van der Waals surface area contributed by atoms with Crippen LogP contribution in [0.25, 0.3) is 0 Å². The molecule has 0 atom stereocenters. The first-order valence-corrected chi connectivity index (χ1v) is 5.61. The van der Waals surface area contributed by atoms with Crippen LogP contribution in [0.1, 0.15) is 16.7 Å². The van der Waals surface area contributed by atoms with Gasteiger partial charge >= 0.3 is 0 Å². The summed E-state index contributed by atoms with van der Waals surface area (Å²) in [5, 5.41) is 0. The summed E-state index contributed by atoms with van der Waals surface area (Å²) in [7, 11) is 1.71. The Bertz CT molecular complexity index is 337. The summed E-state index contributed by atoms with van der Waals surface area (Å²) >= 11 is 0. The van der Waals surface area contributed by atoms with Gasteiger partial charge in [-0.15, -0.1) is 0 Å². The summed E-state index contributed by atoms with van der Waals surface area (Å²) in [5.74, 6) is 0.953. The minimum Gasteiger partial charge on any atom is -0.496 e. The molecule has 0 aliphatic heterocycles. The molecule has 0 bridgehead atoms. The van der Waals surface area contributed by atoms with Gasteiger partial charge in [0.2, 0.25) is 0 Å². The minimum absolute atomic E-state index is 0.573. The zero-order chi connectivity index (χ0) is 12.0. The molecule has 2 N–H and O–H groups in total. The van der Waals surface area contributed by atoms with Gasteiger partial charge in [0.25, 0.3) is 0 Å². The molecular weight excluding hydrogens is 202 g/mol. The van der Waals surface area contributed by atoms with E-state index in [0.717, 1.165) is 12.2 Å². The highest BCUT2D eigenvalue weighted by atomic mass is 16.5. The largest absolute Gasteiger partial charge is 0.496 e. The van der Waals surface area contributed by atoms with E-state index < -0.39 is 0 Å². The van der Waals surface area contributed by atoms with Crippen molar-refractivity contribution in [2.24, 2.45) is 5.73 Å². The predicted molar refractivity (Wildman–Crippen MR) is 66.0 cm³/mol. The van der Waals surface area contributed by atoms with E-state index in [2.05, 4.69) is 26.0 Å². The maximum Gasteiger partial charge on any atom is 0.122 e. The lowest BCUT2D eigenvalue weighted by molar-refractivity contribution is 0.144. The minimum atomic E-state index is 0.573. The van der Waals surface area contributed by atoms with Gasteiger partial charge in [-0.05, 0) is 43.0 Å². The molecule has 3 nitrogen and oxygen atoms in total.